The Labute approximate surface area is 132 Å². The topological polar surface area (TPSA) is 52.4 Å². The fraction of sp³-hybridized carbons (Fsp3) is 0.250. The van der Waals surface area contributed by atoms with Crippen LogP contribution in [0, 0.1) is 10.1 Å². The Morgan fingerprint density at radius 2 is 2.00 bits per heavy atom. The lowest BCUT2D eigenvalue weighted by atomic mass is 10.0. The molecular weight excluding hydrogens is 334 g/mol. The summed E-state index contributed by atoms with van der Waals surface area (Å²) in [5.41, 5.74) is 2.00. The number of nitro benzene ring substituents is 1. The van der Waals surface area contributed by atoms with Gasteiger partial charge in [0, 0.05) is 23.0 Å². The molecule has 0 aromatic heterocycles. The second-order valence-electron chi connectivity index (χ2n) is 5.01. The molecule has 0 aliphatic carbocycles. The van der Waals surface area contributed by atoms with Gasteiger partial charge in [-0.05, 0) is 29.7 Å². The number of nitrogens with zero attached hydrogens (tertiary/aromatic N) is 1. The van der Waals surface area contributed by atoms with E-state index in [1.165, 1.54) is 17.7 Å². The third-order valence-corrected chi connectivity index (χ3v) is 3.76. The summed E-state index contributed by atoms with van der Waals surface area (Å²) in [5, 5.41) is 11.3. The Morgan fingerprint density at radius 1 is 1.24 bits per heavy atom. The van der Waals surface area contributed by atoms with Crippen molar-refractivity contribution in [2.75, 3.05) is 0 Å². The molecule has 2 rings (SSSR count). The predicted octanol–water partition coefficient (Wildman–Crippen LogP) is 5.41. The molecule has 0 bridgehead atoms. The van der Waals surface area contributed by atoms with E-state index in [0.29, 0.717) is 17.0 Å². The molecule has 0 heterocycles. The second-order valence-corrected chi connectivity index (χ2v) is 5.57. The lowest BCUT2D eigenvalue weighted by molar-refractivity contribution is -0.384. The number of non-ortho nitro benzene ring substituents is 1. The normalized spacial score (nSPS) is 10.7. The van der Waals surface area contributed by atoms with Crippen molar-refractivity contribution in [3.8, 4) is 11.5 Å². The number of ether oxygens (including phenoxy) is 1. The molecule has 2 aromatic carbocycles. The van der Waals surface area contributed by atoms with Crippen molar-refractivity contribution in [3.63, 3.8) is 0 Å². The molecule has 0 radical (unpaired) electrons. The fourth-order valence-corrected chi connectivity index (χ4v) is 2.39. The average molecular weight is 350 g/mol. The maximum absolute atomic E-state index is 10.8. The van der Waals surface area contributed by atoms with Crippen LogP contribution in [0.15, 0.2) is 42.5 Å². The Kier molecular flexibility index (Phi) is 4.96. The van der Waals surface area contributed by atoms with Gasteiger partial charge in [0.2, 0.25) is 0 Å². The zero-order chi connectivity index (χ0) is 15.4. The zero-order valence-electron chi connectivity index (χ0n) is 11.9. The summed E-state index contributed by atoms with van der Waals surface area (Å²) in [6.07, 6.45) is 0. The molecule has 110 valence electrons. The van der Waals surface area contributed by atoms with Crippen molar-refractivity contribution >= 4 is 21.6 Å². The van der Waals surface area contributed by atoms with Gasteiger partial charge in [-0.3, -0.25) is 10.1 Å². The summed E-state index contributed by atoms with van der Waals surface area (Å²) in [6, 6.07) is 12.5. The first-order valence-corrected chi connectivity index (χ1v) is 7.74. The van der Waals surface area contributed by atoms with Crippen LogP contribution in [0.1, 0.15) is 30.9 Å². The summed E-state index contributed by atoms with van der Waals surface area (Å²) in [4.78, 5) is 10.4. The highest BCUT2D eigenvalue weighted by molar-refractivity contribution is 9.08. The SMILES string of the molecule is CC(C)c1cccc(Oc2ccc([N+](=O)[O-])cc2CBr)c1. The largest absolute Gasteiger partial charge is 0.457 e. The first-order valence-electron chi connectivity index (χ1n) is 6.62. The lowest BCUT2D eigenvalue weighted by Gasteiger charge is -2.12. The minimum absolute atomic E-state index is 0.0627. The third kappa shape index (κ3) is 3.82. The van der Waals surface area contributed by atoms with Crippen molar-refractivity contribution in [1.82, 2.24) is 0 Å². The summed E-state index contributed by atoms with van der Waals surface area (Å²) < 4.78 is 5.87. The van der Waals surface area contributed by atoms with E-state index in [-0.39, 0.29) is 5.69 Å². The van der Waals surface area contributed by atoms with Crippen LogP contribution >= 0.6 is 15.9 Å². The van der Waals surface area contributed by atoms with Gasteiger partial charge < -0.3 is 4.74 Å². The molecule has 0 unspecified atom stereocenters. The van der Waals surface area contributed by atoms with E-state index in [1.807, 2.05) is 18.2 Å². The van der Waals surface area contributed by atoms with Gasteiger partial charge in [0.25, 0.3) is 5.69 Å². The number of rotatable bonds is 5. The van der Waals surface area contributed by atoms with E-state index in [9.17, 15) is 10.1 Å². The molecule has 0 N–H and O–H groups in total. The smallest absolute Gasteiger partial charge is 0.270 e. The van der Waals surface area contributed by atoms with Crippen LogP contribution < -0.4 is 4.74 Å². The molecule has 0 saturated carbocycles. The van der Waals surface area contributed by atoms with Gasteiger partial charge in [-0.25, -0.2) is 0 Å². The van der Waals surface area contributed by atoms with Gasteiger partial charge in [0.15, 0.2) is 0 Å². The van der Waals surface area contributed by atoms with Crippen molar-refractivity contribution in [2.45, 2.75) is 25.1 Å². The standard InChI is InChI=1S/C16H16BrNO3/c1-11(2)12-4-3-5-15(9-12)21-16-7-6-14(18(19)20)8-13(16)10-17/h3-9,11H,10H2,1-2H3. The minimum Gasteiger partial charge on any atom is -0.457 e. The van der Waals surface area contributed by atoms with Crippen LogP contribution in [-0.2, 0) is 5.33 Å². The van der Waals surface area contributed by atoms with Gasteiger partial charge in [0.1, 0.15) is 11.5 Å². The fourth-order valence-electron chi connectivity index (χ4n) is 1.95. The lowest BCUT2D eigenvalue weighted by Crippen LogP contribution is -1.94. The van der Waals surface area contributed by atoms with E-state index in [2.05, 4.69) is 35.8 Å². The van der Waals surface area contributed by atoms with Crippen LogP contribution in [0.2, 0.25) is 0 Å². The summed E-state index contributed by atoms with van der Waals surface area (Å²) in [5.74, 6) is 1.77. The van der Waals surface area contributed by atoms with Crippen molar-refractivity contribution < 1.29 is 9.66 Å². The Bertz CT molecular complexity index is 656. The van der Waals surface area contributed by atoms with Crippen LogP contribution in [-0.4, -0.2) is 4.92 Å². The van der Waals surface area contributed by atoms with Crippen molar-refractivity contribution in [1.29, 1.82) is 0 Å². The van der Waals surface area contributed by atoms with E-state index in [1.54, 1.807) is 6.07 Å². The first kappa shape index (κ1) is 15.5. The van der Waals surface area contributed by atoms with Crippen molar-refractivity contribution in [2.24, 2.45) is 0 Å². The third-order valence-electron chi connectivity index (χ3n) is 3.15. The maximum Gasteiger partial charge on any atom is 0.270 e. The molecule has 0 amide bonds. The Balaban J connectivity index is 2.31. The molecule has 0 aliphatic heterocycles. The van der Waals surface area contributed by atoms with E-state index in [4.69, 9.17) is 4.74 Å². The molecule has 2 aromatic rings. The number of hydrogen-bond donors (Lipinski definition) is 0. The van der Waals surface area contributed by atoms with Crippen LogP contribution in [0.3, 0.4) is 0 Å². The Morgan fingerprint density at radius 3 is 2.62 bits per heavy atom. The van der Waals surface area contributed by atoms with Crippen LogP contribution in [0.4, 0.5) is 5.69 Å². The van der Waals surface area contributed by atoms with Gasteiger partial charge >= 0.3 is 0 Å². The second kappa shape index (κ2) is 6.72. The number of halogens is 1. The molecular formula is C16H16BrNO3. The number of alkyl halides is 1. The highest BCUT2D eigenvalue weighted by atomic mass is 79.9. The summed E-state index contributed by atoms with van der Waals surface area (Å²) in [7, 11) is 0. The van der Waals surface area contributed by atoms with Gasteiger partial charge in [-0.15, -0.1) is 0 Å². The molecule has 0 atom stereocenters. The van der Waals surface area contributed by atoms with Gasteiger partial charge in [-0.2, -0.15) is 0 Å². The molecule has 5 heteroatoms. The first-order chi connectivity index (χ1) is 10.0. The average Bonchev–Trinajstić information content (AvgIpc) is 2.47. The molecule has 21 heavy (non-hydrogen) atoms. The maximum atomic E-state index is 10.8. The van der Waals surface area contributed by atoms with E-state index in [0.717, 1.165) is 11.3 Å². The number of hydrogen-bond acceptors (Lipinski definition) is 3. The number of benzene rings is 2. The molecule has 0 aliphatic rings. The highest BCUT2D eigenvalue weighted by Gasteiger charge is 2.12. The molecule has 4 nitrogen and oxygen atoms in total. The van der Waals surface area contributed by atoms with Crippen LogP contribution in [0.25, 0.3) is 0 Å². The molecule has 0 saturated heterocycles. The van der Waals surface area contributed by atoms with E-state index < -0.39 is 4.92 Å². The summed E-state index contributed by atoms with van der Waals surface area (Å²) >= 11 is 3.34. The monoisotopic (exact) mass is 349 g/mol. The molecule has 0 fully saturated rings. The quantitative estimate of drug-likeness (QED) is 0.412. The highest BCUT2D eigenvalue weighted by Crippen LogP contribution is 2.31. The zero-order valence-corrected chi connectivity index (χ0v) is 13.5. The predicted molar refractivity (Wildman–Crippen MR) is 86.3 cm³/mol. The minimum atomic E-state index is -0.407. The van der Waals surface area contributed by atoms with E-state index >= 15 is 0 Å². The molecule has 0 spiro atoms. The van der Waals surface area contributed by atoms with Crippen LogP contribution in [0.5, 0.6) is 11.5 Å². The number of nitro groups is 1. The summed E-state index contributed by atoms with van der Waals surface area (Å²) in [6.45, 7) is 4.24. The van der Waals surface area contributed by atoms with Crippen molar-refractivity contribution in [3.05, 3.63) is 63.7 Å². The van der Waals surface area contributed by atoms with Gasteiger partial charge in [0.05, 0.1) is 4.92 Å². The van der Waals surface area contributed by atoms with Gasteiger partial charge in [-0.1, -0.05) is 41.9 Å². The Hall–Kier alpha value is -1.88.